The molecule has 26 heavy (non-hydrogen) atoms. The third-order valence-electron chi connectivity index (χ3n) is 4.65. The summed E-state index contributed by atoms with van der Waals surface area (Å²) in [4.78, 5) is 28.7. The molecule has 2 aromatic rings. The number of hydrogen-bond acceptors (Lipinski definition) is 3. The first-order chi connectivity index (χ1) is 12.5. The number of nitrogens with zero attached hydrogens (tertiary/aromatic N) is 2. The number of aryl methyl sites for hydroxylation is 1. The number of carbonyl (C=O) groups excluding carboxylic acids is 2. The van der Waals surface area contributed by atoms with Crippen LogP contribution < -0.4 is 0 Å². The van der Waals surface area contributed by atoms with Gasteiger partial charge in [0, 0.05) is 36.2 Å². The predicted molar refractivity (Wildman–Crippen MR) is 103 cm³/mol. The number of piperazine rings is 1. The van der Waals surface area contributed by atoms with Crippen molar-refractivity contribution < 1.29 is 14.7 Å². The van der Waals surface area contributed by atoms with E-state index in [9.17, 15) is 14.7 Å². The van der Waals surface area contributed by atoms with E-state index in [1.165, 1.54) is 11.6 Å². The number of aromatic hydroxyl groups is 1. The van der Waals surface area contributed by atoms with Crippen LogP contribution >= 0.6 is 15.9 Å². The van der Waals surface area contributed by atoms with Gasteiger partial charge < -0.3 is 14.9 Å². The molecule has 6 heteroatoms. The van der Waals surface area contributed by atoms with Crippen molar-refractivity contribution in [2.45, 2.75) is 13.3 Å². The molecule has 1 heterocycles. The molecule has 1 aliphatic rings. The summed E-state index contributed by atoms with van der Waals surface area (Å²) >= 11 is 3.32. The Morgan fingerprint density at radius 2 is 1.54 bits per heavy atom. The summed E-state index contributed by atoms with van der Waals surface area (Å²) in [6.07, 6.45) is 0.942. The highest BCUT2D eigenvalue weighted by Crippen LogP contribution is 2.24. The number of hydrogen-bond donors (Lipinski definition) is 1. The van der Waals surface area contributed by atoms with E-state index in [1.54, 1.807) is 21.9 Å². The Morgan fingerprint density at radius 1 is 0.962 bits per heavy atom. The van der Waals surface area contributed by atoms with Crippen LogP contribution in [0.1, 0.15) is 33.2 Å². The molecule has 0 aliphatic carbocycles. The van der Waals surface area contributed by atoms with E-state index in [0.29, 0.717) is 31.7 Å². The average Bonchev–Trinajstić information content (AvgIpc) is 2.69. The van der Waals surface area contributed by atoms with E-state index < -0.39 is 0 Å². The summed E-state index contributed by atoms with van der Waals surface area (Å²) in [7, 11) is 0. The number of phenols is 1. The summed E-state index contributed by atoms with van der Waals surface area (Å²) in [5, 5.41) is 9.93. The van der Waals surface area contributed by atoms with Gasteiger partial charge in [0.25, 0.3) is 11.8 Å². The van der Waals surface area contributed by atoms with Crippen molar-refractivity contribution in [3.63, 3.8) is 0 Å². The normalized spacial score (nSPS) is 14.4. The summed E-state index contributed by atoms with van der Waals surface area (Å²) in [6, 6.07) is 12.5. The van der Waals surface area contributed by atoms with Gasteiger partial charge >= 0.3 is 0 Å². The van der Waals surface area contributed by atoms with Crippen LogP contribution in [0.2, 0.25) is 0 Å². The van der Waals surface area contributed by atoms with E-state index in [0.717, 1.165) is 10.9 Å². The first-order valence-electron chi connectivity index (χ1n) is 8.65. The third kappa shape index (κ3) is 3.90. The monoisotopic (exact) mass is 416 g/mol. The maximum Gasteiger partial charge on any atom is 0.257 e. The van der Waals surface area contributed by atoms with Gasteiger partial charge in [-0.25, -0.2) is 0 Å². The second-order valence-electron chi connectivity index (χ2n) is 6.30. The molecule has 1 fully saturated rings. The van der Waals surface area contributed by atoms with Crippen molar-refractivity contribution >= 4 is 27.7 Å². The molecule has 5 nitrogen and oxygen atoms in total. The van der Waals surface area contributed by atoms with Crippen molar-refractivity contribution in [2.75, 3.05) is 26.2 Å². The maximum atomic E-state index is 12.6. The molecule has 0 bridgehead atoms. The zero-order valence-corrected chi connectivity index (χ0v) is 16.2. The Bertz CT molecular complexity index is 812. The average molecular weight is 417 g/mol. The van der Waals surface area contributed by atoms with Gasteiger partial charge in [-0.1, -0.05) is 35.0 Å². The lowest BCUT2D eigenvalue weighted by Crippen LogP contribution is -2.50. The lowest BCUT2D eigenvalue weighted by molar-refractivity contribution is 0.0533. The fourth-order valence-electron chi connectivity index (χ4n) is 3.03. The summed E-state index contributed by atoms with van der Waals surface area (Å²) in [5.74, 6) is -0.263. The Morgan fingerprint density at radius 3 is 2.12 bits per heavy atom. The molecular formula is C20H21BrN2O3. The number of halogens is 1. The van der Waals surface area contributed by atoms with Crippen LogP contribution in [-0.2, 0) is 6.42 Å². The summed E-state index contributed by atoms with van der Waals surface area (Å²) < 4.78 is 0.739. The Kier molecular flexibility index (Phi) is 5.61. The van der Waals surface area contributed by atoms with E-state index in [-0.39, 0.29) is 23.1 Å². The molecule has 1 saturated heterocycles. The van der Waals surface area contributed by atoms with Gasteiger partial charge in [0.15, 0.2) is 0 Å². The van der Waals surface area contributed by atoms with Gasteiger partial charge in [-0.3, -0.25) is 9.59 Å². The highest BCUT2D eigenvalue weighted by Gasteiger charge is 2.26. The first-order valence-corrected chi connectivity index (χ1v) is 9.45. The Labute approximate surface area is 161 Å². The number of rotatable bonds is 3. The summed E-state index contributed by atoms with van der Waals surface area (Å²) in [5.41, 5.74) is 2.15. The fraction of sp³-hybridized carbons (Fsp3) is 0.300. The molecule has 0 unspecified atom stereocenters. The van der Waals surface area contributed by atoms with Gasteiger partial charge in [-0.2, -0.15) is 0 Å². The van der Waals surface area contributed by atoms with Gasteiger partial charge in [0.2, 0.25) is 0 Å². The first kappa shape index (κ1) is 18.5. The largest absolute Gasteiger partial charge is 0.507 e. The Balaban J connectivity index is 1.64. The van der Waals surface area contributed by atoms with Crippen LogP contribution in [0.3, 0.4) is 0 Å². The maximum absolute atomic E-state index is 12.6. The number of benzene rings is 2. The number of amides is 2. The fourth-order valence-corrected chi connectivity index (χ4v) is 3.39. The smallest absolute Gasteiger partial charge is 0.257 e. The van der Waals surface area contributed by atoms with Crippen LogP contribution in [-0.4, -0.2) is 52.9 Å². The molecule has 0 atom stereocenters. The minimum atomic E-state index is -0.219. The van der Waals surface area contributed by atoms with E-state index in [2.05, 4.69) is 22.9 Å². The predicted octanol–water partition coefficient (Wildman–Crippen LogP) is 3.32. The van der Waals surface area contributed by atoms with Crippen LogP contribution in [0.25, 0.3) is 0 Å². The number of phenolic OH excluding ortho intramolecular Hbond substituents is 1. The van der Waals surface area contributed by atoms with Crippen molar-refractivity contribution in [3.05, 3.63) is 63.6 Å². The SMILES string of the molecule is CCc1ccc(C(=O)N2CCN(C(=O)c3cc(Br)ccc3O)CC2)cc1. The molecule has 0 saturated carbocycles. The Hall–Kier alpha value is -2.34. The van der Waals surface area contributed by atoms with Crippen LogP contribution in [0.15, 0.2) is 46.9 Å². The molecule has 2 aromatic carbocycles. The van der Waals surface area contributed by atoms with E-state index in [4.69, 9.17) is 0 Å². The topological polar surface area (TPSA) is 60.9 Å². The van der Waals surface area contributed by atoms with Gasteiger partial charge in [-0.05, 0) is 42.3 Å². The lowest BCUT2D eigenvalue weighted by atomic mass is 10.1. The molecular weight excluding hydrogens is 396 g/mol. The quantitative estimate of drug-likeness (QED) is 0.834. The minimum Gasteiger partial charge on any atom is -0.507 e. The van der Waals surface area contributed by atoms with Gasteiger partial charge in [0.05, 0.1) is 5.56 Å². The molecule has 1 aliphatic heterocycles. The molecule has 0 spiro atoms. The van der Waals surface area contributed by atoms with Gasteiger partial charge in [0.1, 0.15) is 5.75 Å². The third-order valence-corrected chi connectivity index (χ3v) is 5.15. The highest BCUT2D eigenvalue weighted by molar-refractivity contribution is 9.10. The number of carbonyl (C=O) groups is 2. The summed E-state index contributed by atoms with van der Waals surface area (Å²) in [6.45, 7) is 3.94. The molecule has 0 aromatic heterocycles. The molecule has 0 radical (unpaired) electrons. The molecule has 3 rings (SSSR count). The van der Waals surface area contributed by atoms with E-state index in [1.807, 2.05) is 24.3 Å². The van der Waals surface area contributed by atoms with E-state index >= 15 is 0 Å². The van der Waals surface area contributed by atoms with Gasteiger partial charge in [-0.15, -0.1) is 0 Å². The van der Waals surface area contributed by atoms with Crippen molar-refractivity contribution in [1.82, 2.24) is 9.80 Å². The molecule has 2 amide bonds. The minimum absolute atomic E-state index is 0.00921. The second kappa shape index (κ2) is 7.91. The zero-order chi connectivity index (χ0) is 18.7. The second-order valence-corrected chi connectivity index (χ2v) is 7.21. The molecule has 136 valence electrons. The van der Waals surface area contributed by atoms with Crippen LogP contribution in [0.5, 0.6) is 5.75 Å². The van der Waals surface area contributed by atoms with Crippen LogP contribution in [0.4, 0.5) is 0 Å². The standard InChI is InChI=1S/C20H21BrN2O3/c1-2-14-3-5-15(6-4-14)19(25)22-9-11-23(12-10-22)20(26)17-13-16(21)7-8-18(17)24/h3-8,13,24H,2,9-12H2,1H3. The van der Waals surface area contributed by atoms with Crippen molar-refractivity contribution in [3.8, 4) is 5.75 Å². The highest BCUT2D eigenvalue weighted by atomic mass is 79.9. The molecule has 1 N–H and O–H groups in total. The zero-order valence-electron chi connectivity index (χ0n) is 14.6. The lowest BCUT2D eigenvalue weighted by Gasteiger charge is -2.35. The van der Waals surface area contributed by atoms with Crippen LogP contribution in [0, 0.1) is 0 Å². The van der Waals surface area contributed by atoms with Crippen molar-refractivity contribution in [2.24, 2.45) is 0 Å². The van der Waals surface area contributed by atoms with Crippen molar-refractivity contribution in [1.29, 1.82) is 0 Å².